The number of aromatic nitrogens is 2. The number of amides is 1. The summed E-state index contributed by atoms with van der Waals surface area (Å²) in [6.07, 6.45) is -4.93. The Balaban J connectivity index is 2.60. The fourth-order valence-corrected chi connectivity index (χ4v) is 2.95. The first-order chi connectivity index (χ1) is 12.4. The number of hydrogen-bond acceptors (Lipinski definition) is 4. The number of aromatic amines is 1. The molecule has 2 aromatic rings. The smallest absolute Gasteiger partial charge is 0.365 e. The van der Waals surface area contributed by atoms with Gasteiger partial charge in [0.25, 0.3) is 11.5 Å². The highest BCUT2D eigenvalue weighted by molar-refractivity contribution is 6.03. The third-order valence-electron chi connectivity index (χ3n) is 4.10. The minimum absolute atomic E-state index is 0.0813. The molecule has 0 aliphatic heterocycles. The summed E-state index contributed by atoms with van der Waals surface area (Å²) < 4.78 is 39.8. The summed E-state index contributed by atoms with van der Waals surface area (Å²) >= 11 is 0. The predicted octanol–water partition coefficient (Wildman–Crippen LogP) is 2.00. The van der Waals surface area contributed by atoms with E-state index < -0.39 is 41.2 Å². The van der Waals surface area contributed by atoms with Crippen molar-refractivity contribution < 1.29 is 27.6 Å². The molecule has 0 aliphatic carbocycles. The molecule has 144 valence electrons. The number of alkyl halides is 3. The number of rotatable bonds is 5. The van der Waals surface area contributed by atoms with Crippen LogP contribution >= 0.6 is 0 Å². The van der Waals surface area contributed by atoms with Crippen LogP contribution < -0.4 is 11.3 Å². The molecule has 1 amide bonds. The Morgan fingerprint density at radius 3 is 2.22 bits per heavy atom. The summed E-state index contributed by atoms with van der Waals surface area (Å²) in [6.45, 7) is 3.33. The molecule has 0 aromatic carbocycles. The van der Waals surface area contributed by atoms with E-state index in [0.29, 0.717) is 17.8 Å². The highest BCUT2D eigenvalue weighted by Crippen LogP contribution is 2.29. The lowest BCUT2D eigenvalue weighted by Gasteiger charge is -2.15. The molecule has 10 heteroatoms. The van der Waals surface area contributed by atoms with Gasteiger partial charge >= 0.3 is 6.18 Å². The van der Waals surface area contributed by atoms with E-state index in [1.165, 1.54) is 13.8 Å². The molecule has 27 heavy (non-hydrogen) atoms. The van der Waals surface area contributed by atoms with Gasteiger partial charge in [0.2, 0.25) is 0 Å². The van der Waals surface area contributed by atoms with Crippen LogP contribution in [0.5, 0.6) is 0 Å². The molecule has 2 rings (SSSR count). The lowest BCUT2D eigenvalue weighted by Crippen LogP contribution is -2.35. The highest BCUT2D eigenvalue weighted by atomic mass is 19.4. The standard InChI is InChI=1S/C17H16F3N3O4/c1-7-13(9(3)24)8(2)22-14(7)11(25)6-23-12(17(18,19)20)5-4-10(15(21)26)16(23)27/h4-5,22H,6H2,1-3H3,(H2,21,26). The van der Waals surface area contributed by atoms with Crippen molar-refractivity contribution in [2.24, 2.45) is 5.73 Å². The van der Waals surface area contributed by atoms with Crippen LogP contribution in [0.2, 0.25) is 0 Å². The maximum atomic E-state index is 13.2. The number of H-pyrrole nitrogens is 1. The maximum absolute atomic E-state index is 13.2. The molecule has 0 saturated heterocycles. The fraction of sp³-hybridized carbons (Fsp3) is 0.294. The van der Waals surface area contributed by atoms with Gasteiger partial charge in [-0.15, -0.1) is 0 Å². The number of halogens is 3. The lowest BCUT2D eigenvalue weighted by atomic mass is 10.1. The Labute approximate surface area is 151 Å². The largest absolute Gasteiger partial charge is 0.431 e. The zero-order valence-electron chi connectivity index (χ0n) is 14.7. The van der Waals surface area contributed by atoms with Crippen LogP contribution in [0.15, 0.2) is 16.9 Å². The van der Waals surface area contributed by atoms with Crippen molar-refractivity contribution in [3.63, 3.8) is 0 Å². The summed E-state index contributed by atoms with van der Waals surface area (Å²) in [5.74, 6) is -2.37. The topological polar surface area (TPSA) is 115 Å². The minimum Gasteiger partial charge on any atom is -0.365 e. The molecule has 0 fully saturated rings. The quantitative estimate of drug-likeness (QED) is 0.769. The van der Waals surface area contributed by atoms with E-state index in [0.717, 1.165) is 0 Å². The second kappa shape index (κ2) is 6.86. The molecule has 2 heterocycles. The maximum Gasteiger partial charge on any atom is 0.431 e. The molecule has 3 N–H and O–H groups in total. The third-order valence-corrected chi connectivity index (χ3v) is 4.10. The Hall–Kier alpha value is -3.17. The van der Waals surface area contributed by atoms with Crippen LogP contribution in [0.25, 0.3) is 0 Å². The van der Waals surface area contributed by atoms with Gasteiger partial charge in [-0.2, -0.15) is 13.2 Å². The van der Waals surface area contributed by atoms with Gasteiger partial charge in [-0.25, -0.2) is 0 Å². The molecule has 0 radical (unpaired) electrons. The Morgan fingerprint density at radius 1 is 1.19 bits per heavy atom. The summed E-state index contributed by atoms with van der Waals surface area (Å²) in [4.78, 5) is 50.4. The van der Waals surface area contributed by atoms with Gasteiger partial charge in [0.05, 0.1) is 12.2 Å². The van der Waals surface area contributed by atoms with Gasteiger partial charge < -0.3 is 10.7 Å². The summed E-state index contributed by atoms with van der Waals surface area (Å²) in [5, 5.41) is 0. The number of hydrogen-bond donors (Lipinski definition) is 2. The first-order valence-corrected chi connectivity index (χ1v) is 7.70. The van der Waals surface area contributed by atoms with Crippen molar-refractivity contribution in [1.82, 2.24) is 9.55 Å². The van der Waals surface area contributed by atoms with E-state index in [-0.39, 0.29) is 27.2 Å². The number of nitrogens with one attached hydrogen (secondary N) is 1. The van der Waals surface area contributed by atoms with Crippen LogP contribution in [0.4, 0.5) is 13.2 Å². The molecule has 0 unspecified atom stereocenters. The van der Waals surface area contributed by atoms with Gasteiger partial charge in [-0.3, -0.25) is 23.7 Å². The van der Waals surface area contributed by atoms with Crippen molar-refractivity contribution in [3.05, 3.63) is 56.3 Å². The number of aryl methyl sites for hydroxylation is 1. The average Bonchev–Trinajstić information content (AvgIpc) is 2.82. The van der Waals surface area contributed by atoms with Crippen molar-refractivity contribution in [3.8, 4) is 0 Å². The average molecular weight is 383 g/mol. The van der Waals surface area contributed by atoms with Crippen LogP contribution in [0.1, 0.15) is 55.1 Å². The van der Waals surface area contributed by atoms with E-state index in [2.05, 4.69) is 4.98 Å². The third kappa shape index (κ3) is 3.69. The molecule has 0 saturated carbocycles. The number of carbonyl (C=O) groups excluding carboxylic acids is 3. The molecule has 7 nitrogen and oxygen atoms in total. The van der Waals surface area contributed by atoms with Gasteiger partial charge in [0.1, 0.15) is 11.3 Å². The first-order valence-electron chi connectivity index (χ1n) is 7.70. The van der Waals surface area contributed by atoms with Crippen molar-refractivity contribution >= 4 is 17.5 Å². The molecule has 0 aliphatic rings. The number of carbonyl (C=O) groups is 3. The summed E-state index contributed by atoms with van der Waals surface area (Å²) in [5.41, 5.74) is 2.46. The van der Waals surface area contributed by atoms with Crippen molar-refractivity contribution in [2.45, 2.75) is 33.5 Å². The molecule has 0 bridgehead atoms. The van der Waals surface area contributed by atoms with Crippen LogP contribution in [-0.4, -0.2) is 27.0 Å². The normalized spacial score (nSPS) is 11.5. The Bertz CT molecular complexity index is 1020. The van der Waals surface area contributed by atoms with E-state index >= 15 is 0 Å². The summed E-state index contributed by atoms with van der Waals surface area (Å²) in [6, 6.07) is 1.19. The zero-order chi connectivity index (χ0) is 20.7. The Kier molecular flexibility index (Phi) is 5.12. The van der Waals surface area contributed by atoms with Crippen LogP contribution in [0, 0.1) is 13.8 Å². The van der Waals surface area contributed by atoms with E-state index in [9.17, 15) is 32.3 Å². The number of ketones is 2. The number of nitrogens with two attached hydrogens (primary N) is 1. The summed E-state index contributed by atoms with van der Waals surface area (Å²) in [7, 11) is 0. The van der Waals surface area contributed by atoms with Crippen molar-refractivity contribution in [2.75, 3.05) is 0 Å². The highest BCUT2D eigenvalue weighted by Gasteiger charge is 2.36. The predicted molar refractivity (Wildman–Crippen MR) is 88.8 cm³/mol. The number of nitrogens with zero attached hydrogens (tertiary/aromatic N) is 1. The van der Waals surface area contributed by atoms with Crippen LogP contribution in [-0.2, 0) is 12.7 Å². The number of primary amides is 1. The van der Waals surface area contributed by atoms with E-state index in [1.54, 1.807) is 6.92 Å². The SMILES string of the molecule is CC(=O)c1c(C)[nH]c(C(=O)Cn2c(C(F)(F)F)ccc(C(N)=O)c2=O)c1C. The minimum atomic E-state index is -4.93. The first kappa shape index (κ1) is 20.1. The molecular weight excluding hydrogens is 367 g/mol. The zero-order valence-corrected chi connectivity index (χ0v) is 14.7. The molecule has 0 spiro atoms. The monoisotopic (exact) mass is 383 g/mol. The van der Waals surface area contributed by atoms with E-state index in [4.69, 9.17) is 5.73 Å². The second-order valence-corrected chi connectivity index (χ2v) is 5.99. The second-order valence-electron chi connectivity index (χ2n) is 5.99. The molecule has 2 aromatic heterocycles. The van der Waals surface area contributed by atoms with Gasteiger partial charge in [0, 0.05) is 11.3 Å². The number of pyridine rings is 1. The van der Waals surface area contributed by atoms with Crippen LogP contribution in [0.3, 0.4) is 0 Å². The molecule has 0 atom stereocenters. The van der Waals surface area contributed by atoms with Crippen molar-refractivity contribution in [1.29, 1.82) is 0 Å². The Morgan fingerprint density at radius 2 is 1.78 bits per heavy atom. The van der Waals surface area contributed by atoms with E-state index in [1.807, 2.05) is 0 Å². The van der Waals surface area contributed by atoms with Gasteiger partial charge in [-0.1, -0.05) is 0 Å². The van der Waals surface area contributed by atoms with Gasteiger partial charge in [-0.05, 0) is 38.5 Å². The molecular formula is C17H16F3N3O4. The lowest BCUT2D eigenvalue weighted by molar-refractivity contribution is -0.144. The fourth-order valence-electron chi connectivity index (χ4n) is 2.95. The number of Topliss-reactive ketones (excluding diaryl/α,β-unsaturated/α-hetero) is 2. The van der Waals surface area contributed by atoms with Gasteiger partial charge in [0.15, 0.2) is 11.6 Å².